The number of carboxylic acid groups (broad SMARTS) is 1. The number of guanidine groups is 1. The number of fused-ring (bicyclic) bond motifs is 1. The second kappa shape index (κ2) is 13.1. The molecule has 1 aliphatic heterocycles. The van der Waals surface area contributed by atoms with Gasteiger partial charge < -0.3 is 36.8 Å². The smallest absolute Gasteiger partial charge is 0.408 e. The van der Waals surface area contributed by atoms with E-state index in [2.05, 4.69) is 15.6 Å². The number of alkyl carbamates (subject to hydrolysis) is 1. The molecule has 0 saturated carbocycles. The zero-order valence-electron chi connectivity index (χ0n) is 23.1. The lowest BCUT2D eigenvalue weighted by atomic mass is 9.97. The number of hydrogen-bond acceptors (Lipinski definition) is 6. The molecular formula is C28H38N6O6. The topological polar surface area (TPSA) is 189 Å². The summed E-state index contributed by atoms with van der Waals surface area (Å²) in [6, 6.07) is 9.72. The number of nitrogens with one attached hydrogen (secondary N) is 2. The Kier molecular flexibility index (Phi) is 9.92. The summed E-state index contributed by atoms with van der Waals surface area (Å²) in [5, 5.41) is 16.6. The van der Waals surface area contributed by atoms with Gasteiger partial charge >= 0.3 is 12.1 Å². The van der Waals surface area contributed by atoms with Crippen LogP contribution in [0.3, 0.4) is 0 Å². The molecule has 1 fully saturated rings. The summed E-state index contributed by atoms with van der Waals surface area (Å²) in [6.07, 6.45) is 0.571. The first-order valence-electron chi connectivity index (χ1n) is 13.2. The van der Waals surface area contributed by atoms with E-state index in [-0.39, 0.29) is 25.5 Å². The van der Waals surface area contributed by atoms with Crippen LogP contribution in [-0.2, 0) is 19.1 Å². The van der Waals surface area contributed by atoms with Crippen LogP contribution in [0, 0.1) is 0 Å². The van der Waals surface area contributed by atoms with Crippen LogP contribution in [0.1, 0.15) is 58.1 Å². The first kappa shape index (κ1) is 30.2. The van der Waals surface area contributed by atoms with E-state index in [1.54, 1.807) is 32.9 Å². The van der Waals surface area contributed by atoms with Crippen molar-refractivity contribution in [3.63, 3.8) is 0 Å². The Morgan fingerprint density at radius 1 is 1.10 bits per heavy atom. The molecule has 0 unspecified atom stereocenters. The molecular weight excluding hydrogens is 516 g/mol. The zero-order chi connectivity index (χ0) is 29.4. The zero-order valence-corrected chi connectivity index (χ0v) is 23.1. The second-order valence-electron chi connectivity index (χ2n) is 10.7. The summed E-state index contributed by atoms with van der Waals surface area (Å²) in [5.41, 5.74) is 10.4. The fraction of sp³-hybridized carbons (Fsp3) is 0.464. The van der Waals surface area contributed by atoms with Gasteiger partial charge in [0.25, 0.3) is 5.91 Å². The minimum Gasteiger partial charge on any atom is -0.480 e. The number of aliphatic imine (C=N–C) groups is 1. The van der Waals surface area contributed by atoms with Crippen molar-refractivity contribution in [3.8, 4) is 0 Å². The van der Waals surface area contributed by atoms with Crippen LogP contribution in [0.15, 0.2) is 47.5 Å². The average molecular weight is 555 g/mol. The lowest BCUT2D eigenvalue weighted by molar-refractivity contribution is -0.144. The van der Waals surface area contributed by atoms with Gasteiger partial charge in [0, 0.05) is 13.1 Å². The van der Waals surface area contributed by atoms with Crippen molar-refractivity contribution in [2.45, 2.75) is 70.2 Å². The van der Waals surface area contributed by atoms with Gasteiger partial charge in [0.15, 0.2) is 5.96 Å². The van der Waals surface area contributed by atoms with Crippen molar-refractivity contribution < 1.29 is 29.0 Å². The predicted octanol–water partition coefficient (Wildman–Crippen LogP) is 2.02. The number of carboxylic acids is 1. The molecule has 0 aliphatic carbocycles. The maximum absolute atomic E-state index is 14.0. The van der Waals surface area contributed by atoms with Crippen molar-refractivity contribution >= 4 is 40.6 Å². The third-order valence-corrected chi connectivity index (χ3v) is 6.44. The molecule has 40 heavy (non-hydrogen) atoms. The number of ether oxygens (including phenoxy) is 1. The number of amides is 3. The molecule has 1 aliphatic rings. The van der Waals surface area contributed by atoms with Crippen molar-refractivity contribution in [1.82, 2.24) is 15.5 Å². The molecule has 2 aromatic carbocycles. The second-order valence-corrected chi connectivity index (χ2v) is 10.7. The highest BCUT2D eigenvalue weighted by Crippen LogP contribution is 2.29. The largest absolute Gasteiger partial charge is 0.480 e. The molecule has 3 atom stereocenters. The quantitative estimate of drug-likeness (QED) is 0.167. The van der Waals surface area contributed by atoms with Gasteiger partial charge in [-0.25, -0.2) is 9.59 Å². The molecule has 2 aromatic rings. The lowest BCUT2D eigenvalue weighted by Crippen LogP contribution is -2.53. The van der Waals surface area contributed by atoms with Crippen LogP contribution < -0.4 is 22.1 Å². The summed E-state index contributed by atoms with van der Waals surface area (Å²) < 4.78 is 5.44. The number of benzene rings is 2. The van der Waals surface area contributed by atoms with Gasteiger partial charge in [-0.3, -0.25) is 14.6 Å². The molecule has 1 heterocycles. The highest BCUT2D eigenvalue weighted by Gasteiger charge is 2.40. The maximum Gasteiger partial charge on any atom is 0.408 e. The first-order valence-corrected chi connectivity index (χ1v) is 13.2. The van der Waals surface area contributed by atoms with Gasteiger partial charge in [0.1, 0.15) is 23.7 Å². The number of carbonyl (C=O) groups is 4. The summed E-state index contributed by atoms with van der Waals surface area (Å²) in [7, 11) is 0. The normalized spacial score (nSPS) is 16.6. The minimum absolute atomic E-state index is 0.100. The SMILES string of the molecule is CC(C)(C)OC(=O)N[C@@H](C(=O)N1CCC[C@H]1C(=O)N[C@@H](CCCN=C(N)N)C(=O)O)c1cccc2ccccc12. The van der Waals surface area contributed by atoms with E-state index in [0.29, 0.717) is 24.8 Å². The lowest BCUT2D eigenvalue weighted by Gasteiger charge is -2.30. The molecule has 7 N–H and O–H groups in total. The summed E-state index contributed by atoms with van der Waals surface area (Å²) in [5.74, 6) is -2.36. The third-order valence-electron chi connectivity index (χ3n) is 6.44. The molecule has 12 nitrogen and oxygen atoms in total. The standard InChI is InChI=1S/C28H38N6O6/c1-28(2,3)40-27(39)33-22(19-12-6-10-17-9-4-5-11-18(17)19)24(36)34-16-8-14-21(34)23(35)32-20(25(37)38)13-7-15-31-26(29)30/h4-6,9-12,20-22H,7-8,13-16H2,1-3H3,(H,32,35)(H,33,39)(H,37,38)(H4,29,30,31)/t20-,21-,22+/m0/s1. The third kappa shape index (κ3) is 8.08. The number of likely N-dealkylation sites (tertiary alicyclic amines) is 1. The molecule has 0 aromatic heterocycles. The van der Waals surface area contributed by atoms with E-state index in [1.165, 1.54) is 4.90 Å². The number of hydrogen-bond donors (Lipinski definition) is 5. The van der Waals surface area contributed by atoms with Crippen LogP contribution >= 0.6 is 0 Å². The average Bonchev–Trinajstić information content (AvgIpc) is 3.37. The van der Waals surface area contributed by atoms with Gasteiger partial charge in [-0.15, -0.1) is 0 Å². The van der Waals surface area contributed by atoms with Crippen LogP contribution in [0.25, 0.3) is 10.8 Å². The Morgan fingerprint density at radius 3 is 2.48 bits per heavy atom. The molecule has 216 valence electrons. The van der Waals surface area contributed by atoms with Gasteiger partial charge in [-0.1, -0.05) is 42.5 Å². The Bertz CT molecular complexity index is 1260. The van der Waals surface area contributed by atoms with Gasteiger partial charge in [-0.2, -0.15) is 0 Å². The van der Waals surface area contributed by atoms with Crippen molar-refractivity contribution in [1.29, 1.82) is 0 Å². The van der Waals surface area contributed by atoms with Gasteiger partial charge in [0.2, 0.25) is 5.91 Å². The first-order chi connectivity index (χ1) is 18.9. The highest BCUT2D eigenvalue weighted by molar-refractivity contribution is 5.97. The maximum atomic E-state index is 14.0. The number of carbonyl (C=O) groups excluding carboxylic acids is 3. The molecule has 0 radical (unpaired) electrons. The minimum atomic E-state index is -1.20. The Balaban J connectivity index is 1.85. The number of nitrogens with two attached hydrogens (primary N) is 2. The monoisotopic (exact) mass is 554 g/mol. The van der Waals surface area contributed by atoms with Crippen LogP contribution in [0.5, 0.6) is 0 Å². The van der Waals surface area contributed by atoms with E-state index in [9.17, 15) is 24.3 Å². The summed E-state index contributed by atoms with van der Waals surface area (Å²) in [6.45, 7) is 5.66. The fourth-order valence-corrected chi connectivity index (χ4v) is 4.70. The Hall–Kier alpha value is -4.35. The van der Waals surface area contributed by atoms with Crippen molar-refractivity contribution in [3.05, 3.63) is 48.0 Å². The van der Waals surface area contributed by atoms with E-state index < -0.39 is 47.6 Å². The molecule has 0 bridgehead atoms. The van der Waals surface area contributed by atoms with E-state index in [4.69, 9.17) is 16.2 Å². The summed E-state index contributed by atoms with van der Waals surface area (Å²) >= 11 is 0. The van der Waals surface area contributed by atoms with Crippen LogP contribution in [-0.4, -0.2) is 70.6 Å². The predicted molar refractivity (Wildman–Crippen MR) is 150 cm³/mol. The van der Waals surface area contributed by atoms with Crippen molar-refractivity contribution in [2.24, 2.45) is 16.5 Å². The van der Waals surface area contributed by atoms with Gasteiger partial charge in [0.05, 0.1) is 0 Å². The van der Waals surface area contributed by atoms with Gasteiger partial charge in [-0.05, 0) is 62.8 Å². The highest BCUT2D eigenvalue weighted by atomic mass is 16.6. The summed E-state index contributed by atoms with van der Waals surface area (Å²) in [4.78, 5) is 57.1. The molecule has 1 saturated heterocycles. The molecule has 3 amide bonds. The molecule has 12 heteroatoms. The van der Waals surface area contributed by atoms with E-state index in [1.807, 2.05) is 30.3 Å². The molecule has 0 spiro atoms. The molecule has 3 rings (SSSR count). The van der Waals surface area contributed by atoms with Crippen LogP contribution in [0.2, 0.25) is 0 Å². The number of aliphatic carboxylic acids is 1. The number of nitrogens with zero attached hydrogens (tertiary/aromatic N) is 2. The van der Waals surface area contributed by atoms with Crippen LogP contribution in [0.4, 0.5) is 4.79 Å². The number of rotatable bonds is 10. The van der Waals surface area contributed by atoms with E-state index >= 15 is 0 Å². The van der Waals surface area contributed by atoms with E-state index in [0.717, 1.165) is 10.8 Å². The van der Waals surface area contributed by atoms with Crippen molar-refractivity contribution in [2.75, 3.05) is 13.1 Å². The fourth-order valence-electron chi connectivity index (χ4n) is 4.70. The Labute approximate surface area is 233 Å². The Morgan fingerprint density at radius 2 is 1.80 bits per heavy atom.